The molecule has 0 aliphatic heterocycles. The van der Waals surface area contributed by atoms with Gasteiger partial charge in [-0.25, -0.2) is 4.90 Å². The van der Waals surface area contributed by atoms with Gasteiger partial charge in [0.25, 0.3) is 0 Å². The molecule has 0 atom stereocenters. The van der Waals surface area contributed by atoms with Gasteiger partial charge >= 0.3 is 18.4 Å². The van der Waals surface area contributed by atoms with E-state index in [4.69, 9.17) is 9.47 Å². The second-order valence-electron chi connectivity index (χ2n) is 12.0. The van der Waals surface area contributed by atoms with Crippen LogP contribution in [-0.4, -0.2) is 36.8 Å². The predicted molar refractivity (Wildman–Crippen MR) is 197 cm³/mol. The van der Waals surface area contributed by atoms with Gasteiger partial charge in [0.15, 0.2) is 0 Å². The summed E-state index contributed by atoms with van der Waals surface area (Å²) in [5.41, 5.74) is 0. The number of hydrogen-bond donors (Lipinski definition) is 0. The molecule has 262 valence electrons. The fourth-order valence-corrected chi connectivity index (χ4v) is 4.78. The van der Waals surface area contributed by atoms with E-state index in [1.807, 2.05) is 7.05 Å². The maximum atomic E-state index is 12.5. The van der Waals surface area contributed by atoms with Gasteiger partial charge in [0, 0.05) is 19.4 Å². The molecule has 46 heavy (non-hydrogen) atoms. The van der Waals surface area contributed by atoms with Crippen LogP contribution in [0.5, 0.6) is 0 Å². The maximum absolute atomic E-state index is 12.5. The van der Waals surface area contributed by atoms with E-state index in [0.717, 1.165) is 96.3 Å². The topological polar surface area (TPSA) is 55.8 Å². The standard InChI is InChI=1S/C41H69NO4/c1-5-8-10-12-14-16-18-20-22-24-26-28-30-32-34-36-39(43)45-41(42(4)38-7-3)46-40(44)37-35-33-31-29-27-25-23-21-19-17-15-13-11-9-6-2/h8-11,14-17,20-23,41H,5-7,12-13,18-19,24-38H2,1-4H3/b10-8-,11-9-,16-14-,17-15-,22-20-,23-21-. The summed E-state index contributed by atoms with van der Waals surface area (Å²) >= 11 is 0. The average molecular weight is 640 g/mol. The van der Waals surface area contributed by atoms with Crippen LogP contribution in [-0.2, 0) is 19.1 Å². The maximum Gasteiger partial charge on any atom is 0.309 e. The first-order valence-electron chi connectivity index (χ1n) is 18.5. The predicted octanol–water partition coefficient (Wildman–Crippen LogP) is 11.9. The van der Waals surface area contributed by atoms with Crippen molar-refractivity contribution >= 4 is 11.9 Å². The number of hydrogen-bond acceptors (Lipinski definition) is 5. The Bertz CT molecular complexity index is 817. The molecule has 0 aromatic rings. The Labute approximate surface area is 284 Å². The number of nitrogens with zero attached hydrogens (tertiary/aromatic N) is 1. The van der Waals surface area contributed by atoms with Crippen molar-refractivity contribution < 1.29 is 19.1 Å². The molecule has 0 fully saturated rings. The molecule has 0 rings (SSSR count). The number of esters is 2. The van der Waals surface area contributed by atoms with Crippen LogP contribution in [0.15, 0.2) is 72.9 Å². The Balaban J connectivity index is 4.01. The first-order valence-corrected chi connectivity index (χ1v) is 18.5. The van der Waals surface area contributed by atoms with Crippen LogP contribution in [0.1, 0.15) is 156 Å². The van der Waals surface area contributed by atoms with Crippen LogP contribution >= 0.6 is 0 Å². The van der Waals surface area contributed by atoms with E-state index in [1.165, 1.54) is 25.7 Å². The Morgan fingerprint density at radius 1 is 0.500 bits per heavy atom. The highest BCUT2D eigenvalue weighted by Gasteiger charge is 2.23. The van der Waals surface area contributed by atoms with Crippen molar-refractivity contribution in [2.75, 3.05) is 13.6 Å². The van der Waals surface area contributed by atoms with Crippen LogP contribution < -0.4 is 0 Å². The minimum atomic E-state index is -0.941. The lowest BCUT2D eigenvalue weighted by Crippen LogP contribution is -2.40. The van der Waals surface area contributed by atoms with E-state index in [2.05, 4.69) is 93.7 Å². The van der Waals surface area contributed by atoms with Crippen LogP contribution in [0.25, 0.3) is 0 Å². The van der Waals surface area contributed by atoms with Crippen molar-refractivity contribution in [3.05, 3.63) is 72.9 Å². The number of unbranched alkanes of at least 4 members (excludes halogenated alkanes) is 10. The summed E-state index contributed by atoms with van der Waals surface area (Å²) in [7, 11) is 1.83. The normalized spacial score (nSPS) is 12.6. The molecule has 0 bridgehead atoms. The zero-order valence-electron chi connectivity index (χ0n) is 30.1. The zero-order valence-corrected chi connectivity index (χ0v) is 30.1. The Morgan fingerprint density at radius 2 is 0.848 bits per heavy atom. The SMILES string of the molecule is CC/C=C\C/C=C\C/C=C\CCCCCCCC(=O)OC(OC(=O)CCCCCCC/C=C\C/C=C\C/C=C\CC)N(C)CCC. The average Bonchev–Trinajstić information content (AvgIpc) is 3.04. The summed E-state index contributed by atoms with van der Waals surface area (Å²) in [5, 5.41) is 0. The molecule has 0 spiro atoms. The second-order valence-corrected chi connectivity index (χ2v) is 12.0. The van der Waals surface area contributed by atoms with Gasteiger partial charge in [-0.3, -0.25) is 9.59 Å². The van der Waals surface area contributed by atoms with Gasteiger partial charge in [-0.1, -0.05) is 132 Å². The van der Waals surface area contributed by atoms with Gasteiger partial charge in [0.05, 0.1) is 0 Å². The molecule has 0 aliphatic rings. The molecule has 0 aliphatic carbocycles. The largest absolute Gasteiger partial charge is 0.411 e. The van der Waals surface area contributed by atoms with Gasteiger partial charge in [0.1, 0.15) is 0 Å². The number of rotatable bonds is 31. The molecule has 0 aromatic heterocycles. The number of allylic oxidation sites excluding steroid dienone is 12. The molecule has 5 heteroatoms. The van der Waals surface area contributed by atoms with Crippen LogP contribution in [0.4, 0.5) is 0 Å². The molecule has 0 heterocycles. The van der Waals surface area contributed by atoms with Crippen molar-refractivity contribution in [3.63, 3.8) is 0 Å². The quantitative estimate of drug-likeness (QED) is 0.0327. The van der Waals surface area contributed by atoms with Crippen molar-refractivity contribution in [1.82, 2.24) is 4.90 Å². The zero-order chi connectivity index (χ0) is 33.8. The molecule has 0 N–H and O–H groups in total. The summed E-state index contributed by atoms with van der Waals surface area (Å²) in [4.78, 5) is 26.8. The van der Waals surface area contributed by atoms with Crippen molar-refractivity contribution in [2.24, 2.45) is 0 Å². The molecule has 0 saturated carbocycles. The number of carbonyl (C=O) groups is 2. The molecule has 5 nitrogen and oxygen atoms in total. The van der Waals surface area contributed by atoms with Crippen LogP contribution in [0.3, 0.4) is 0 Å². The van der Waals surface area contributed by atoms with Crippen LogP contribution in [0.2, 0.25) is 0 Å². The summed E-state index contributed by atoms with van der Waals surface area (Å²) in [6, 6.07) is 0. The minimum Gasteiger partial charge on any atom is -0.411 e. The van der Waals surface area contributed by atoms with E-state index >= 15 is 0 Å². The van der Waals surface area contributed by atoms with E-state index in [9.17, 15) is 9.59 Å². The Kier molecular flexibility index (Phi) is 33.2. The second kappa shape index (κ2) is 35.2. The van der Waals surface area contributed by atoms with E-state index in [1.54, 1.807) is 4.90 Å². The third-order valence-corrected chi connectivity index (χ3v) is 7.46. The minimum absolute atomic E-state index is 0.295. The van der Waals surface area contributed by atoms with Gasteiger partial charge < -0.3 is 9.47 Å². The molecular formula is C41H69NO4. The summed E-state index contributed by atoms with van der Waals surface area (Å²) in [6.07, 6.45) is 46.4. The smallest absolute Gasteiger partial charge is 0.309 e. The highest BCUT2D eigenvalue weighted by molar-refractivity contribution is 5.71. The molecule has 0 unspecified atom stereocenters. The third-order valence-electron chi connectivity index (χ3n) is 7.46. The Hall–Kier alpha value is -2.66. The highest BCUT2D eigenvalue weighted by Crippen LogP contribution is 2.13. The van der Waals surface area contributed by atoms with E-state index < -0.39 is 6.41 Å². The first kappa shape index (κ1) is 43.3. The van der Waals surface area contributed by atoms with E-state index in [-0.39, 0.29) is 11.9 Å². The summed E-state index contributed by atoms with van der Waals surface area (Å²) in [5.74, 6) is -0.591. The molecule has 0 saturated heterocycles. The van der Waals surface area contributed by atoms with Crippen molar-refractivity contribution in [3.8, 4) is 0 Å². The number of ether oxygens (including phenoxy) is 2. The first-order chi connectivity index (χ1) is 22.5. The van der Waals surface area contributed by atoms with Crippen LogP contribution in [0, 0.1) is 0 Å². The Morgan fingerprint density at radius 3 is 1.24 bits per heavy atom. The van der Waals surface area contributed by atoms with Gasteiger partial charge in [-0.15, -0.1) is 0 Å². The summed E-state index contributed by atoms with van der Waals surface area (Å²) in [6.45, 7) is 7.05. The lowest BCUT2D eigenvalue weighted by Gasteiger charge is -2.26. The van der Waals surface area contributed by atoms with E-state index in [0.29, 0.717) is 19.4 Å². The van der Waals surface area contributed by atoms with Gasteiger partial charge in [-0.2, -0.15) is 0 Å². The third kappa shape index (κ3) is 31.3. The lowest BCUT2D eigenvalue weighted by molar-refractivity contribution is -0.219. The van der Waals surface area contributed by atoms with Crippen molar-refractivity contribution in [1.29, 1.82) is 0 Å². The molecule has 0 radical (unpaired) electrons. The fourth-order valence-electron chi connectivity index (χ4n) is 4.78. The fraction of sp³-hybridized carbons (Fsp3) is 0.659. The number of carbonyl (C=O) groups excluding carboxylic acids is 2. The molecule has 0 aromatic carbocycles. The monoisotopic (exact) mass is 640 g/mol. The molecular weight excluding hydrogens is 570 g/mol. The highest BCUT2D eigenvalue weighted by atomic mass is 16.7. The van der Waals surface area contributed by atoms with Crippen molar-refractivity contribution in [2.45, 2.75) is 162 Å². The van der Waals surface area contributed by atoms with Gasteiger partial charge in [0.2, 0.25) is 0 Å². The lowest BCUT2D eigenvalue weighted by atomic mass is 10.1. The summed E-state index contributed by atoms with van der Waals surface area (Å²) < 4.78 is 11.2. The molecule has 0 amide bonds. The van der Waals surface area contributed by atoms with Gasteiger partial charge in [-0.05, 0) is 90.5 Å².